The number of nitrogens with two attached hydrogens (primary N) is 1. The van der Waals surface area contributed by atoms with Gasteiger partial charge in [0.1, 0.15) is 0 Å². The molecule has 16 heavy (non-hydrogen) atoms. The monoisotopic (exact) mass is 238 g/mol. The summed E-state index contributed by atoms with van der Waals surface area (Å²) in [6, 6.07) is 6.15. The molecule has 0 spiro atoms. The first-order valence-corrected chi connectivity index (χ1v) is 6.42. The third-order valence-electron chi connectivity index (χ3n) is 3.16. The highest BCUT2D eigenvalue weighted by Gasteiger charge is 2.14. The lowest BCUT2D eigenvalue weighted by atomic mass is 10.1. The number of hydrogen-bond donors (Lipinski definition) is 1. The van der Waals surface area contributed by atoms with Crippen molar-refractivity contribution < 1.29 is 0 Å². The summed E-state index contributed by atoms with van der Waals surface area (Å²) in [6.07, 6.45) is 4.86. The topological polar surface area (TPSA) is 29.3 Å². The van der Waals surface area contributed by atoms with Crippen LogP contribution in [0.3, 0.4) is 0 Å². The highest BCUT2D eigenvalue weighted by Crippen LogP contribution is 2.27. The Morgan fingerprint density at radius 1 is 1.19 bits per heavy atom. The Balaban J connectivity index is 2.24. The zero-order valence-electron chi connectivity index (χ0n) is 9.58. The molecule has 0 radical (unpaired) electrons. The number of halogens is 1. The molecule has 1 saturated heterocycles. The minimum Gasteiger partial charge on any atom is -0.371 e. The Morgan fingerprint density at radius 3 is 2.62 bits per heavy atom. The van der Waals surface area contributed by atoms with Crippen LogP contribution in [0.2, 0.25) is 5.02 Å². The van der Waals surface area contributed by atoms with Crippen LogP contribution in [-0.4, -0.2) is 19.6 Å². The highest BCUT2D eigenvalue weighted by molar-refractivity contribution is 6.30. The molecule has 1 aliphatic rings. The molecule has 88 valence electrons. The van der Waals surface area contributed by atoms with Crippen LogP contribution in [0, 0.1) is 0 Å². The van der Waals surface area contributed by atoms with Crippen molar-refractivity contribution in [2.24, 2.45) is 5.73 Å². The third-order valence-corrected chi connectivity index (χ3v) is 3.39. The van der Waals surface area contributed by atoms with Crippen LogP contribution in [0.1, 0.15) is 24.8 Å². The summed E-state index contributed by atoms with van der Waals surface area (Å²) in [6.45, 7) is 3.00. The van der Waals surface area contributed by atoms with Gasteiger partial charge in [0.05, 0.1) is 0 Å². The van der Waals surface area contributed by atoms with Crippen LogP contribution >= 0.6 is 11.6 Å². The zero-order valence-corrected chi connectivity index (χ0v) is 10.3. The van der Waals surface area contributed by atoms with Gasteiger partial charge in [0.2, 0.25) is 0 Å². The SMILES string of the molecule is NCCc1ccc(Cl)cc1N1CCCCC1. The van der Waals surface area contributed by atoms with Gasteiger partial charge in [-0.3, -0.25) is 0 Å². The Labute approximate surface area is 102 Å². The molecule has 0 aromatic heterocycles. The summed E-state index contributed by atoms with van der Waals surface area (Å²) >= 11 is 6.08. The standard InChI is InChI=1S/C13H19ClN2/c14-12-5-4-11(6-7-15)13(10-12)16-8-2-1-3-9-16/h4-5,10H,1-3,6-9,15H2. The first-order chi connectivity index (χ1) is 7.81. The largest absolute Gasteiger partial charge is 0.371 e. The van der Waals surface area contributed by atoms with Crippen molar-refractivity contribution >= 4 is 17.3 Å². The molecule has 0 unspecified atom stereocenters. The fraction of sp³-hybridized carbons (Fsp3) is 0.538. The van der Waals surface area contributed by atoms with Crippen molar-refractivity contribution in [2.75, 3.05) is 24.5 Å². The number of hydrogen-bond acceptors (Lipinski definition) is 2. The maximum atomic E-state index is 6.08. The van der Waals surface area contributed by atoms with Gasteiger partial charge in [-0.2, -0.15) is 0 Å². The van der Waals surface area contributed by atoms with E-state index in [4.69, 9.17) is 17.3 Å². The Bertz CT molecular complexity index is 346. The van der Waals surface area contributed by atoms with Gasteiger partial charge in [-0.25, -0.2) is 0 Å². The molecule has 1 aromatic carbocycles. The summed E-state index contributed by atoms with van der Waals surface area (Å²) in [5.41, 5.74) is 8.26. The number of benzene rings is 1. The van der Waals surface area contributed by atoms with Crippen LogP contribution < -0.4 is 10.6 Å². The first kappa shape index (κ1) is 11.7. The van der Waals surface area contributed by atoms with Crippen LogP contribution in [0.5, 0.6) is 0 Å². The molecule has 1 heterocycles. The molecule has 0 atom stereocenters. The molecule has 1 fully saturated rings. The van der Waals surface area contributed by atoms with Gasteiger partial charge >= 0.3 is 0 Å². The van der Waals surface area contributed by atoms with Crippen LogP contribution in [-0.2, 0) is 6.42 Å². The average Bonchev–Trinajstić information content (AvgIpc) is 2.33. The third kappa shape index (κ3) is 2.69. The predicted octanol–water partition coefficient (Wildman–Crippen LogP) is 2.83. The minimum absolute atomic E-state index is 0.697. The molecule has 3 heteroatoms. The van der Waals surface area contributed by atoms with E-state index in [1.807, 2.05) is 6.07 Å². The Morgan fingerprint density at radius 2 is 1.94 bits per heavy atom. The van der Waals surface area contributed by atoms with Gasteiger partial charge in [-0.05, 0) is 49.9 Å². The van der Waals surface area contributed by atoms with Crippen molar-refractivity contribution in [1.82, 2.24) is 0 Å². The van der Waals surface area contributed by atoms with Crippen molar-refractivity contribution in [2.45, 2.75) is 25.7 Å². The van der Waals surface area contributed by atoms with E-state index >= 15 is 0 Å². The van der Waals surface area contributed by atoms with E-state index < -0.39 is 0 Å². The van der Waals surface area contributed by atoms with E-state index in [0.717, 1.165) is 24.5 Å². The molecule has 2 N–H and O–H groups in total. The van der Waals surface area contributed by atoms with Crippen LogP contribution in [0.15, 0.2) is 18.2 Å². The quantitative estimate of drug-likeness (QED) is 0.878. The Kier molecular flexibility index (Phi) is 4.08. The van der Waals surface area contributed by atoms with E-state index in [-0.39, 0.29) is 0 Å². The fourth-order valence-corrected chi connectivity index (χ4v) is 2.50. The second kappa shape index (κ2) is 5.55. The summed E-state index contributed by atoms with van der Waals surface area (Å²) < 4.78 is 0. The Hall–Kier alpha value is -0.730. The molecular weight excluding hydrogens is 220 g/mol. The van der Waals surface area contributed by atoms with E-state index in [1.54, 1.807) is 0 Å². The summed E-state index contributed by atoms with van der Waals surface area (Å²) in [5, 5.41) is 0.821. The highest BCUT2D eigenvalue weighted by atomic mass is 35.5. The zero-order chi connectivity index (χ0) is 11.4. The van der Waals surface area contributed by atoms with Gasteiger partial charge in [0.15, 0.2) is 0 Å². The second-order valence-electron chi connectivity index (χ2n) is 4.36. The van der Waals surface area contributed by atoms with Crippen molar-refractivity contribution in [3.63, 3.8) is 0 Å². The molecule has 1 aliphatic heterocycles. The van der Waals surface area contributed by atoms with E-state index in [1.165, 1.54) is 30.5 Å². The van der Waals surface area contributed by atoms with Crippen molar-refractivity contribution in [3.8, 4) is 0 Å². The fourth-order valence-electron chi connectivity index (χ4n) is 2.33. The molecule has 0 bridgehead atoms. The number of rotatable bonds is 3. The maximum absolute atomic E-state index is 6.08. The van der Waals surface area contributed by atoms with Gasteiger partial charge in [-0.1, -0.05) is 17.7 Å². The number of piperidine rings is 1. The van der Waals surface area contributed by atoms with Gasteiger partial charge in [0.25, 0.3) is 0 Å². The van der Waals surface area contributed by atoms with E-state index in [9.17, 15) is 0 Å². The maximum Gasteiger partial charge on any atom is 0.0426 e. The lowest BCUT2D eigenvalue weighted by molar-refractivity contribution is 0.576. The molecule has 0 amide bonds. The van der Waals surface area contributed by atoms with Gasteiger partial charge in [-0.15, -0.1) is 0 Å². The molecule has 2 nitrogen and oxygen atoms in total. The van der Waals surface area contributed by atoms with Crippen LogP contribution in [0.25, 0.3) is 0 Å². The van der Waals surface area contributed by atoms with E-state index in [2.05, 4.69) is 17.0 Å². The van der Waals surface area contributed by atoms with E-state index in [0.29, 0.717) is 6.54 Å². The van der Waals surface area contributed by atoms with Gasteiger partial charge in [0, 0.05) is 23.8 Å². The molecule has 0 saturated carbocycles. The molecule has 0 aliphatic carbocycles. The molecule has 1 aromatic rings. The van der Waals surface area contributed by atoms with Crippen molar-refractivity contribution in [1.29, 1.82) is 0 Å². The predicted molar refractivity (Wildman–Crippen MR) is 70.3 cm³/mol. The smallest absolute Gasteiger partial charge is 0.0426 e. The summed E-state index contributed by atoms with van der Waals surface area (Å²) in [4.78, 5) is 2.44. The summed E-state index contributed by atoms with van der Waals surface area (Å²) in [7, 11) is 0. The average molecular weight is 239 g/mol. The lowest BCUT2D eigenvalue weighted by Crippen LogP contribution is -2.30. The molecular formula is C13H19ClN2. The number of anilines is 1. The minimum atomic E-state index is 0.697. The number of nitrogens with zero attached hydrogens (tertiary/aromatic N) is 1. The van der Waals surface area contributed by atoms with Gasteiger partial charge < -0.3 is 10.6 Å². The first-order valence-electron chi connectivity index (χ1n) is 6.04. The normalized spacial score (nSPS) is 16.5. The lowest BCUT2D eigenvalue weighted by Gasteiger charge is -2.30. The second-order valence-corrected chi connectivity index (χ2v) is 4.80. The van der Waals surface area contributed by atoms with Crippen LogP contribution in [0.4, 0.5) is 5.69 Å². The van der Waals surface area contributed by atoms with Crippen molar-refractivity contribution in [3.05, 3.63) is 28.8 Å². The molecule has 2 rings (SSSR count). The summed E-state index contributed by atoms with van der Waals surface area (Å²) in [5.74, 6) is 0.